The Morgan fingerprint density at radius 3 is 1.30 bits per heavy atom. The van der Waals surface area contributed by atoms with Gasteiger partial charge in [-0.3, -0.25) is 0 Å². The number of fused-ring (bicyclic) bond motifs is 3. The van der Waals surface area contributed by atoms with Crippen LogP contribution in [0, 0.1) is 6.92 Å². The molecular formula is C30H38Cl2Zr-2. The van der Waals surface area contributed by atoms with Gasteiger partial charge in [-0.15, -0.1) is 39.7 Å². The van der Waals surface area contributed by atoms with Crippen LogP contribution in [0.5, 0.6) is 0 Å². The molecule has 0 saturated heterocycles. The molecule has 0 aliphatic heterocycles. The Balaban J connectivity index is 0.000000718. The molecule has 33 heavy (non-hydrogen) atoms. The van der Waals surface area contributed by atoms with Crippen LogP contribution in [0.25, 0.3) is 21.5 Å². The van der Waals surface area contributed by atoms with Crippen LogP contribution in [0.15, 0.2) is 66.7 Å². The van der Waals surface area contributed by atoms with E-state index in [1.165, 1.54) is 41.4 Å². The van der Waals surface area contributed by atoms with Crippen molar-refractivity contribution in [2.45, 2.75) is 73.1 Å². The average Bonchev–Trinajstić information content (AvgIpc) is 3.25. The zero-order valence-corrected chi connectivity index (χ0v) is 25.6. The Morgan fingerprint density at radius 2 is 1.06 bits per heavy atom. The van der Waals surface area contributed by atoms with Crippen LogP contribution in [0.1, 0.15) is 72.1 Å². The fourth-order valence-electron chi connectivity index (χ4n) is 3.43. The Bertz CT molecular complexity index is 1060. The van der Waals surface area contributed by atoms with E-state index in [1.54, 1.807) is 24.2 Å². The molecule has 0 aliphatic rings. The third-order valence-electron chi connectivity index (χ3n) is 5.27. The molecule has 4 aromatic rings. The minimum absolute atomic E-state index is 0. The van der Waals surface area contributed by atoms with Gasteiger partial charge in [-0.25, -0.2) is 12.1 Å². The number of hydrogen-bond acceptors (Lipinski definition) is 0. The van der Waals surface area contributed by atoms with Crippen LogP contribution in [-0.4, -0.2) is 3.21 Å². The summed E-state index contributed by atoms with van der Waals surface area (Å²) in [6.45, 7) is 20.0. The molecule has 0 saturated carbocycles. The van der Waals surface area contributed by atoms with Crippen molar-refractivity contribution in [2.75, 3.05) is 0 Å². The number of aryl methyl sites for hydroxylation is 1. The summed E-state index contributed by atoms with van der Waals surface area (Å²) in [5.74, 6) is 0. The molecule has 0 fully saturated rings. The predicted molar refractivity (Wildman–Crippen MR) is 138 cm³/mol. The summed E-state index contributed by atoms with van der Waals surface area (Å²) in [5.41, 5.74) is 4.56. The molecule has 0 N–H and O–H groups in total. The van der Waals surface area contributed by atoms with Gasteiger partial charge < -0.3 is 24.8 Å². The van der Waals surface area contributed by atoms with Crippen LogP contribution in [0.2, 0.25) is 0 Å². The first kappa shape index (κ1) is 32.0. The molecule has 0 radical (unpaired) electrons. The minimum atomic E-state index is 0. The third-order valence-corrected chi connectivity index (χ3v) is 5.27. The Labute approximate surface area is 229 Å². The van der Waals surface area contributed by atoms with Gasteiger partial charge in [0.25, 0.3) is 0 Å². The van der Waals surface area contributed by atoms with E-state index in [4.69, 9.17) is 0 Å². The second-order valence-corrected chi connectivity index (χ2v) is 13.2. The van der Waals surface area contributed by atoms with E-state index in [1.807, 2.05) is 12.1 Å². The third kappa shape index (κ3) is 9.64. The van der Waals surface area contributed by atoms with Gasteiger partial charge in [-0.05, 0) is 10.8 Å². The quantitative estimate of drug-likeness (QED) is 0.290. The largest absolute Gasteiger partial charge is 1.00 e. The molecule has 0 aliphatic carbocycles. The number of benzene rings is 2. The standard InChI is InChI=1S/C21H25.C6H7.C3H6.2ClH.Zr/c1-20(2,3)16-7-9-18-14(12-16)11-15-13-17(21(4,5)6)8-10-19(15)18;1-6-4-2-3-5-6;1-3-2;;;/h7-13H,1-6H3;2-5H,1H3;1-2H3;2*1H;/q2*-1;;;;+2/p-2. The van der Waals surface area contributed by atoms with E-state index >= 15 is 0 Å². The fourth-order valence-corrected chi connectivity index (χ4v) is 3.43. The van der Waals surface area contributed by atoms with Crippen molar-refractivity contribution in [3.63, 3.8) is 0 Å². The summed E-state index contributed by atoms with van der Waals surface area (Å²) in [4.78, 5) is 0. The molecule has 0 amide bonds. The molecule has 0 nitrogen and oxygen atoms in total. The molecule has 3 heteroatoms. The Kier molecular flexibility index (Phi) is 12.8. The first-order chi connectivity index (χ1) is 14.3. The van der Waals surface area contributed by atoms with Gasteiger partial charge in [0.1, 0.15) is 0 Å². The van der Waals surface area contributed by atoms with Crippen molar-refractivity contribution < 1.29 is 49.0 Å². The predicted octanol–water partition coefficient (Wildman–Crippen LogP) is 2.77. The summed E-state index contributed by atoms with van der Waals surface area (Å²) in [6.07, 6.45) is 0. The van der Waals surface area contributed by atoms with Gasteiger partial charge >= 0.3 is 41.3 Å². The zero-order valence-electron chi connectivity index (χ0n) is 21.6. The molecule has 178 valence electrons. The van der Waals surface area contributed by atoms with E-state index in [9.17, 15) is 0 Å². The summed E-state index contributed by atoms with van der Waals surface area (Å²) in [7, 11) is 0. The van der Waals surface area contributed by atoms with Crippen molar-refractivity contribution in [2.24, 2.45) is 0 Å². The van der Waals surface area contributed by atoms with Crippen molar-refractivity contribution in [3.8, 4) is 0 Å². The summed E-state index contributed by atoms with van der Waals surface area (Å²) in [6, 6.07) is 24.4. The van der Waals surface area contributed by atoms with Crippen molar-refractivity contribution in [1.29, 1.82) is 0 Å². The van der Waals surface area contributed by atoms with Gasteiger partial charge in [-0.1, -0.05) is 83.9 Å². The molecule has 4 rings (SSSR count). The molecule has 0 atom stereocenters. The van der Waals surface area contributed by atoms with Crippen molar-refractivity contribution >= 4 is 24.8 Å². The van der Waals surface area contributed by atoms with Crippen LogP contribution < -0.4 is 24.8 Å². The normalized spacial score (nSPS) is 10.9. The maximum absolute atomic E-state index is 2.35. The fraction of sp³-hybridized carbons (Fsp3) is 0.367. The SMILES string of the molecule is CC(C)(C)c1ccc2c(c1)[cH-]c1cc(C(C)(C)C)ccc12.C[C](C)=[Zr+2].C[c-]1cccc1.[Cl-].[Cl-]. The summed E-state index contributed by atoms with van der Waals surface area (Å²) < 4.78 is 1.51. The van der Waals surface area contributed by atoms with Crippen LogP contribution in [-0.2, 0) is 35.1 Å². The second-order valence-electron chi connectivity index (χ2n) is 10.7. The van der Waals surface area contributed by atoms with Gasteiger partial charge in [0.05, 0.1) is 0 Å². The van der Waals surface area contributed by atoms with Gasteiger partial charge in [-0.2, -0.15) is 17.7 Å². The number of hydrogen-bond donors (Lipinski definition) is 0. The Hall–Kier alpha value is -1.01. The topological polar surface area (TPSA) is 0 Å². The van der Waals surface area contributed by atoms with E-state index in [2.05, 4.69) is 117 Å². The van der Waals surface area contributed by atoms with E-state index in [-0.39, 0.29) is 35.6 Å². The monoisotopic (exact) mass is 558 g/mol. The first-order valence-corrected chi connectivity index (χ1v) is 12.4. The average molecular weight is 561 g/mol. The van der Waals surface area contributed by atoms with Crippen LogP contribution >= 0.6 is 0 Å². The molecule has 0 bridgehead atoms. The van der Waals surface area contributed by atoms with Gasteiger partial charge in [0.15, 0.2) is 0 Å². The molecule has 0 aromatic heterocycles. The molecule has 0 spiro atoms. The molecular weight excluding hydrogens is 522 g/mol. The summed E-state index contributed by atoms with van der Waals surface area (Å²) in [5, 5.41) is 5.48. The van der Waals surface area contributed by atoms with Crippen LogP contribution in [0.4, 0.5) is 0 Å². The molecule has 4 aromatic carbocycles. The number of halogens is 2. The van der Waals surface area contributed by atoms with Crippen molar-refractivity contribution in [1.82, 2.24) is 0 Å². The minimum Gasteiger partial charge on any atom is -1.00 e. The second kappa shape index (κ2) is 13.2. The zero-order chi connectivity index (χ0) is 23.4. The van der Waals surface area contributed by atoms with E-state index in [0.717, 1.165) is 0 Å². The van der Waals surface area contributed by atoms with Gasteiger partial charge in [0.2, 0.25) is 0 Å². The molecule has 0 unspecified atom stereocenters. The van der Waals surface area contributed by atoms with Crippen molar-refractivity contribution in [3.05, 3.63) is 83.4 Å². The summed E-state index contributed by atoms with van der Waals surface area (Å²) >= 11 is 1.55. The Morgan fingerprint density at radius 1 is 0.727 bits per heavy atom. The maximum atomic E-state index is 2.35. The van der Waals surface area contributed by atoms with Crippen LogP contribution in [0.3, 0.4) is 0 Å². The smallest absolute Gasteiger partial charge is 0.0860 e. The van der Waals surface area contributed by atoms with E-state index in [0.29, 0.717) is 0 Å². The maximum Gasteiger partial charge on any atom is -0.0860 e. The molecule has 0 heterocycles. The number of rotatable bonds is 0. The van der Waals surface area contributed by atoms with Gasteiger partial charge in [0, 0.05) is 0 Å². The first-order valence-electron chi connectivity index (χ1n) is 11.1. The van der Waals surface area contributed by atoms with E-state index < -0.39 is 0 Å².